The Bertz CT molecular complexity index is 389. The van der Waals surface area contributed by atoms with Crippen LogP contribution >= 0.6 is 12.6 Å². The second kappa shape index (κ2) is 7.17. The van der Waals surface area contributed by atoms with E-state index in [1.165, 1.54) is 0 Å². The third-order valence-corrected chi connectivity index (χ3v) is 4.37. The molecule has 0 N–H and O–H groups in total. The van der Waals surface area contributed by atoms with Gasteiger partial charge < -0.3 is 14.2 Å². The van der Waals surface area contributed by atoms with E-state index in [0.29, 0.717) is 6.61 Å². The molecule has 0 radical (unpaired) electrons. The van der Waals surface area contributed by atoms with Gasteiger partial charge in [0.15, 0.2) is 0 Å². The number of thiol groups is 1. The van der Waals surface area contributed by atoms with Crippen molar-refractivity contribution >= 4 is 12.6 Å². The van der Waals surface area contributed by atoms with E-state index in [9.17, 15) is 0 Å². The van der Waals surface area contributed by atoms with Gasteiger partial charge in [0.1, 0.15) is 5.75 Å². The quantitative estimate of drug-likeness (QED) is 0.813. The van der Waals surface area contributed by atoms with Crippen LogP contribution in [-0.2, 0) is 16.1 Å². The first kappa shape index (κ1) is 14.7. The van der Waals surface area contributed by atoms with Gasteiger partial charge >= 0.3 is 0 Å². The van der Waals surface area contributed by atoms with Crippen molar-refractivity contribution in [3.63, 3.8) is 0 Å². The smallest absolute Gasteiger partial charge is 0.119 e. The molecule has 0 amide bonds. The number of benzene rings is 1. The zero-order valence-corrected chi connectivity index (χ0v) is 12.3. The Morgan fingerprint density at radius 2 is 2.11 bits per heavy atom. The normalized spacial score (nSPS) is 18.2. The van der Waals surface area contributed by atoms with Crippen LogP contribution in [0.1, 0.15) is 18.4 Å². The molecule has 0 spiro atoms. The van der Waals surface area contributed by atoms with Crippen molar-refractivity contribution in [3.05, 3.63) is 29.8 Å². The van der Waals surface area contributed by atoms with Crippen molar-refractivity contribution in [3.8, 4) is 5.75 Å². The average Bonchev–Trinajstić information content (AvgIpc) is 2.48. The SMILES string of the molecule is COc1cccc(COCC2(CS)CCOCC2)c1. The number of ether oxygens (including phenoxy) is 3. The second-order valence-electron chi connectivity index (χ2n) is 5.11. The first-order valence-corrected chi connectivity index (χ1v) is 7.30. The van der Waals surface area contributed by atoms with E-state index < -0.39 is 0 Å². The van der Waals surface area contributed by atoms with E-state index in [4.69, 9.17) is 14.2 Å². The van der Waals surface area contributed by atoms with Crippen LogP contribution in [0.25, 0.3) is 0 Å². The average molecular weight is 282 g/mol. The molecule has 19 heavy (non-hydrogen) atoms. The van der Waals surface area contributed by atoms with E-state index in [1.54, 1.807) is 7.11 Å². The summed E-state index contributed by atoms with van der Waals surface area (Å²) in [5.74, 6) is 1.73. The molecule has 1 saturated heterocycles. The van der Waals surface area contributed by atoms with Crippen molar-refractivity contribution in [2.75, 3.05) is 32.7 Å². The fraction of sp³-hybridized carbons (Fsp3) is 0.600. The van der Waals surface area contributed by atoms with Crippen LogP contribution in [0, 0.1) is 5.41 Å². The van der Waals surface area contributed by atoms with E-state index in [-0.39, 0.29) is 5.41 Å². The second-order valence-corrected chi connectivity index (χ2v) is 5.43. The van der Waals surface area contributed by atoms with Crippen LogP contribution < -0.4 is 4.74 Å². The highest BCUT2D eigenvalue weighted by Gasteiger charge is 2.31. The van der Waals surface area contributed by atoms with Crippen LogP contribution in [-0.4, -0.2) is 32.7 Å². The third-order valence-electron chi connectivity index (χ3n) is 3.70. The van der Waals surface area contributed by atoms with Crippen LogP contribution in [0.15, 0.2) is 24.3 Å². The van der Waals surface area contributed by atoms with Crippen LogP contribution in [0.3, 0.4) is 0 Å². The highest BCUT2D eigenvalue weighted by Crippen LogP contribution is 2.32. The molecule has 106 valence electrons. The molecule has 4 heteroatoms. The van der Waals surface area contributed by atoms with Crippen molar-refractivity contribution in [2.24, 2.45) is 5.41 Å². The molecule has 0 unspecified atom stereocenters. The number of methoxy groups -OCH3 is 1. The van der Waals surface area contributed by atoms with E-state index in [0.717, 1.165) is 49.7 Å². The fourth-order valence-corrected chi connectivity index (χ4v) is 2.71. The maximum atomic E-state index is 5.89. The Labute approximate surface area is 120 Å². The summed E-state index contributed by atoms with van der Waals surface area (Å²) in [6.45, 7) is 3.01. The van der Waals surface area contributed by atoms with Crippen LogP contribution in [0.5, 0.6) is 5.75 Å². The summed E-state index contributed by atoms with van der Waals surface area (Å²) in [6.07, 6.45) is 2.07. The maximum Gasteiger partial charge on any atom is 0.119 e. The van der Waals surface area contributed by atoms with Crippen molar-refractivity contribution < 1.29 is 14.2 Å². The molecule has 0 bridgehead atoms. The largest absolute Gasteiger partial charge is 0.497 e. The number of rotatable bonds is 6. The van der Waals surface area contributed by atoms with Crippen molar-refractivity contribution in [2.45, 2.75) is 19.4 Å². The van der Waals surface area contributed by atoms with Gasteiger partial charge in [-0.2, -0.15) is 12.6 Å². The number of hydrogen-bond donors (Lipinski definition) is 1. The lowest BCUT2D eigenvalue weighted by molar-refractivity contribution is -0.0315. The Kier molecular flexibility index (Phi) is 5.55. The molecule has 1 aromatic rings. The maximum absolute atomic E-state index is 5.89. The van der Waals surface area contributed by atoms with E-state index in [1.807, 2.05) is 18.2 Å². The molecule has 0 aliphatic carbocycles. The topological polar surface area (TPSA) is 27.7 Å². The van der Waals surface area contributed by atoms with Gasteiger partial charge in [-0.15, -0.1) is 0 Å². The lowest BCUT2D eigenvalue weighted by Crippen LogP contribution is -2.35. The fourth-order valence-electron chi connectivity index (χ4n) is 2.30. The van der Waals surface area contributed by atoms with Gasteiger partial charge in [-0.3, -0.25) is 0 Å². The molecule has 2 rings (SSSR count). The van der Waals surface area contributed by atoms with Gasteiger partial charge in [0.25, 0.3) is 0 Å². The minimum absolute atomic E-state index is 0.181. The molecular weight excluding hydrogens is 260 g/mol. The molecule has 1 heterocycles. The predicted octanol–water partition coefficient (Wildman–Crippen LogP) is 2.94. The standard InChI is InChI=1S/C15H22O3S/c1-16-14-4-2-3-13(9-14)10-18-11-15(12-19)5-7-17-8-6-15/h2-4,9,19H,5-8,10-12H2,1H3. The van der Waals surface area contributed by atoms with Crippen molar-refractivity contribution in [1.29, 1.82) is 0 Å². The molecule has 1 aliphatic rings. The van der Waals surface area contributed by atoms with Gasteiger partial charge in [-0.05, 0) is 36.3 Å². The summed E-state index contributed by atoms with van der Waals surface area (Å²) >= 11 is 4.49. The van der Waals surface area contributed by atoms with Gasteiger partial charge in [0, 0.05) is 18.6 Å². The molecule has 0 aromatic heterocycles. The summed E-state index contributed by atoms with van der Waals surface area (Å²) < 4.78 is 16.5. The molecule has 1 aliphatic heterocycles. The summed E-state index contributed by atoms with van der Waals surface area (Å²) in [5, 5.41) is 0. The Hall–Kier alpha value is -0.710. The van der Waals surface area contributed by atoms with Gasteiger partial charge in [0.2, 0.25) is 0 Å². The first-order chi connectivity index (χ1) is 9.28. The Balaban J connectivity index is 1.84. The third kappa shape index (κ3) is 4.13. The van der Waals surface area contributed by atoms with Gasteiger partial charge in [-0.1, -0.05) is 12.1 Å². The lowest BCUT2D eigenvalue weighted by atomic mass is 9.83. The zero-order valence-electron chi connectivity index (χ0n) is 11.4. The summed E-state index contributed by atoms with van der Waals surface area (Å²) in [5.41, 5.74) is 1.32. The zero-order chi connectivity index (χ0) is 13.6. The molecule has 1 fully saturated rings. The van der Waals surface area contributed by atoms with E-state index >= 15 is 0 Å². The highest BCUT2D eigenvalue weighted by atomic mass is 32.1. The predicted molar refractivity (Wildman–Crippen MR) is 79.0 cm³/mol. The van der Waals surface area contributed by atoms with Gasteiger partial charge in [-0.25, -0.2) is 0 Å². The summed E-state index contributed by atoms with van der Waals surface area (Å²) in [6, 6.07) is 7.99. The highest BCUT2D eigenvalue weighted by molar-refractivity contribution is 7.80. The molecule has 0 atom stereocenters. The Morgan fingerprint density at radius 3 is 2.79 bits per heavy atom. The minimum atomic E-state index is 0.181. The first-order valence-electron chi connectivity index (χ1n) is 6.67. The lowest BCUT2D eigenvalue weighted by Gasteiger charge is -2.35. The monoisotopic (exact) mass is 282 g/mol. The Morgan fingerprint density at radius 1 is 1.32 bits per heavy atom. The van der Waals surface area contributed by atoms with Crippen LogP contribution in [0.4, 0.5) is 0 Å². The summed E-state index contributed by atoms with van der Waals surface area (Å²) in [7, 11) is 1.68. The molecule has 3 nitrogen and oxygen atoms in total. The van der Waals surface area contributed by atoms with Gasteiger partial charge in [0.05, 0.1) is 20.3 Å². The van der Waals surface area contributed by atoms with Crippen molar-refractivity contribution in [1.82, 2.24) is 0 Å². The van der Waals surface area contributed by atoms with Crippen LogP contribution in [0.2, 0.25) is 0 Å². The minimum Gasteiger partial charge on any atom is -0.497 e. The molecule has 0 saturated carbocycles. The molecule has 1 aromatic carbocycles. The number of hydrogen-bond acceptors (Lipinski definition) is 4. The molecular formula is C15H22O3S. The summed E-state index contributed by atoms with van der Waals surface area (Å²) in [4.78, 5) is 0. The van der Waals surface area contributed by atoms with E-state index in [2.05, 4.69) is 18.7 Å².